The Morgan fingerprint density at radius 2 is 2.21 bits per heavy atom. The lowest BCUT2D eigenvalue weighted by Gasteiger charge is -2.14. The molecule has 1 N–H and O–H groups in total. The lowest BCUT2D eigenvalue weighted by Crippen LogP contribution is -2.17. The Bertz CT molecular complexity index is 653. The van der Waals surface area contributed by atoms with Crippen LogP contribution < -0.4 is 14.8 Å². The highest BCUT2D eigenvalue weighted by atomic mass is 35.5. The van der Waals surface area contributed by atoms with E-state index >= 15 is 0 Å². The fourth-order valence-electron chi connectivity index (χ4n) is 2.01. The zero-order valence-corrected chi connectivity index (χ0v) is 15.7. The third-order valence-corrected chi connectivity index (χ3v) is 4.45. The molecule has 24 heavy (non-hydrogen) atoms. The molecule has 0 saturated heterocycles. The van der Waals surface area contributed by atoms with Gasteiger partial charge in [-0.15, -0.1) is 5.10 Å². The summed E-state index contributed by atoms with van der Waals surface area (Å²) in [5, 5.41) is 16.1. The molecule has 1 aromatic carbocycles. The quantitative estimate of drug-likeness (QED) is 0.508. The van der Waals surface area contributed by atoms with Crippen molar-refractivity contribution in [3.05, 3.63) is 22.7 Å². The summed E-state index contributed by atoms with van der Waals surface area (Å²) in [4.78, 5) is 0. The minimum absolute atomic E-state index is 0.569. The summed E-state index contributed by atoms with van der Waals surface area (Å²) in [5.74, 6) is 2.14. The molecule has 0 aliphatic heterocycles. The van der Waals surface area contributed by atoms with Crippen molar-refractivity contribution in [3.8, 4) is 11.5 Å². The summed E-state index contributed by atoms with van der Waals surface area (Å²) >= 11 is 7.92. The SMILES string of the molecule is CCCOc1c(Cl)cc(CNCCSc2nnnn2C)cc1OC. The van der Waals surface area contributed by atoms with Crippen LogP contribution in [-0.4, -0.2) is 46.2 Å². The lowest BCUT2D eigenvalue weighted by atomic mass is 10.2. The van der Waals surface area contributed by atoms with Gasteiger partial charge in [-0.1, -0.05) is 30.3 Å². The molecule has 0 aliphatic rings. The van der Waals surface area contributed by atoms with Gasteiger partial charge in [-0.2, -0.15) is 0 Å². The van der Waals surface area contributed by atoms with E-state index in [1.54, 1.807) is 23.6 Å². The number of hydrogen-bond donors (Lipinski definition) is 1. The van der Waals surface area contributed by atoms with Crippen molar-refractivity contribution in [2.24, 2.45) is 7.05 Å². The van der Waals surface area contributed by atoms with Gasteiger partial charge in [0.25, 0.3) is 0 Å². The maximum absolute atomic E-state index is 6.31. The van der Waals surface area contributed by atoms with Crippen molar-refractivity contribution < 1.29 is 9.47 Å². The fourth-order valence-corrected chi connectivity index (χ4v) is 3.04. The first-order chi connectivity index (χ1) is 11.7. The van der Waals surface area contributed by atoms with E-state index in [-0.39, 0.29) is 0 Å². The average molecular weight is 372 g/mol. The van der Waals surface area contributed by atoms with Crippen LogP contribution in [0.15, 0.2) is 17.3 Å². The van der Waals surface area contributed by atoms with Crippen molar-refractivity contribution >= 4 is 23.4 Å². The van der Waals surface area contributed by atoms with Crippen molar-refractivity contribution in [1.82, 2.24) is 25.5 Å². The monoisotopic (exact) mass is 371 g/mol. The lowest BCUT2D eigenvalue weighted by molar-refractivity contribution is 0.294. The summed E-state index contributed by atoms with van der Waals surface area (Å²) in [6.07, 6.45) is 0.918. The Balaban J connectivity index is 1.83. The number of nitrogens with one attached hydrogen (secondary N) is 1. The molecular formula is C15H22ClN5O2S. The van der Waals surface area contributed by atoms with Crippen molar-refractivity contribution in [2.45, 2.75) is 25.0 Å². The Kier molecular flexibility index (Phi) is 7.61. The summed E-state index contributed by atoms with van der Waals surface area (Å²) in [6, 6.07) is 3.85. The summed E-state index contributed by atoms with van der Waals surface area (Å²) in [7, 11) is 3.44. The molecule has 9 heteroatoms. The zero-order valence-electron chi connectivity index (χ0n) is 14.1. The van der Waals surface area contributed by atoms with Crippen LogP contribution in [0.5, 0.6) is 11.5 Å². The highest BCUT2D eigenvalue weighted by molar-refractivity contribution is 7.99. The largest absolute Gasteiger partial charge is 0.493 e. The predicted octanol–water partition coefficient (Wildman–Crippen LogP) is 2.54. The zero-order chi connectivity index (χ0) is 17.4. The molecule has 0 bridgehead atoms. The molecule has 1 aromatic heterocycles. The molecule has 0 atom stereocenters. The number of aromatic nitrogens is 4. The molecule has 0 unspecified atom stereocenters. The standard InChI is InChI=1S/C15H22ClN5O2S/c1-4-6-23-14-12(16)8-11(9-13(14)22-3)10-17-5-7-24-15-18-19-20-21(15)2/h8-9,17H,4-7,10H2,1-3H3. The van der Waals surface area contributed by atoms with E-state index in [0.29, 0.717) is 29.7 Å². The first-order valence-corrected chi connectivity index (χ1v) is 9.07. The van der Waals surface area contributed by atoms with Gasteiger partial charge in [-0.3, -0.25) is 0 Å². The van der Waals surface area contributed by atoms with Crippen LogP contribution in [0.3, 0.4) is 0 Å². The molecule has 0 saturated carbocycles. The van der Waals surface area contributed by atoms with E-state index in [4.69, 9.17) is 21.1 Å². The second kappa shape index (κ2) is 9.71. The maximum atomic E-state index is 6.31. The number of benzene rings is 1. The summed E-state index contributed by atoms with van der Waals surface area (Å²) < 4.78 is 12.7. The van der Waals surface area contributed by atoms with Crippen LogP contribution >= 0.6 is 23.4 Å². The fraction of sp³-hybridized carbons (Fsp3) is 0.533. The van der Waals surface area contributed by atoms with E-state index in [1.807, 2.05) is 26.1 Å². The van der Waals surface area contributed by atoms with Crippen LogP contribution in [0, 0.1) is 0 Å². The van der Waals surface area contributed by atoms with Gasteiger partial charge >= 0.3 is 0 Å². The van der Waals surface area contributed by atoms with Gasteiger partial charge in [0.2, 0.25) is 5.16 Å². The van der Waals surface area contributed by atoms with E-state index in [2.05, 4.69) is 20.8 Å². The van der Waals surface area contributed by atoms with Crippen molar-refractivity contribution in [2.75, 3.05) is 26.0 Å². The molecule has 0 fully saturated rings. The molecular weight excluding hydrogens is 350 g/mol. The van der Waals surface area contributed by atoms with Crippen LogP contribution in [0.4, 0.5) is 0 Å². The van der Waals surface area contributed by atoms with Crippen molar-refractivity contribution in [3.63, 3.8) is 0 Å². The number of rotatable bonds is 10. The number of halogens is 1. The third-order valence-electron chi connectivity index (χ3n) is 3.16. The molecule has 7 nitrogen and oxygen atoms in total. The number of thioether (sulfide) groups is 1. The maximum Gasteiger partial charge on any atom is 0.209 e. The van der Waals surface area contributed by atoms with Crippen molar-refractivity contribution in [1.29, 1.82) is 0 Å². The Morgan fingerprint density at radius 1 is 1.38 bits per heavy atom. The smallest absolute Gasteiger partial charge is 0.209 e. The molecule has 132 valence electrons. The van der Waals surface area contributed by atoms with Crippen LogP contribution in [0.2, 0.25) is 5.02 Å². The Morgan fingerprint density at radius 3 is 2.88 bits per heavy atom. The number of hydrogen-bond acceptors (Lipinski definition) is 7. The average Bonchev–Trinajstić information content (AvgIpc) is 2.98. The molecule has 0 radical (unpaired) electrons. The van der Waals surface area contributed by atoms with Gasteiger partial charge in [0.1, 0.15) is 0 Å². The minimum Gasteiger partial charge on any atom is -0.493 e. The number of nitrogens with zero attached hydrogens (tertiary/aromatic N) is 4. The second-order valence-electron chi connectivity index (χ2n) is 5.07. The van der Waals surface area contributed by atoms with Gasteiger partial charge in [0, 0.05) is 25.9 Å². The third kappa shape index (κ3) is 5.25. The predicted molar refractivity (Wildman–Crippen MR) is 95.0 cm³/mol. The number of tetrazole rings is 1. The van der Waals surface area contributed by atoms with E-state index in [0.717, 1.165) is 29.4 Å². The Hall–Kier alpha value is -1.51. The molecule has 0 spiro atoms. The Labute approximate surface area is 151 Å². The van der Waals surface area contributed by atoms with E-state index < -0.39 is 0 Å². The molecule has 0 amide bonds. The van der Waals surface area contributed by atoms with Crippen LogP contribution in [0.1, 0.15) is 18.9 Å². The molecule has 2 rings (SSSR count). The van der Waals surface area contributed by atoms with Gasteiger partial charge in [0.05, 0.1) is 18.7 Å². The highest BCUT2D eigenvalue weighted by Crippen LogP contribution is 2.36. The normalized spacial score (nSPS) is 10.8. The van der Waals surface area contributed by atoms with E-state index in [9.17, 15) is 0 Å². The summed E-state index contributed by atoms with van der Waals surface area (Å²) in [6.45, 7) is 4.18. The first kappa shape index (κ1) is 18.8. The van der Waals surface area contributed by atoms with Crippen LogP contribution in [-0.2, 0) is 13.6 Å². The second-order valence-corrected chi connectivity index (χ2v) is 6.54. The first-order valence-electron chi connectivity index (χ1n) is 7.70. The van der Waals surface area contributed by atoms with Crippen LogP contribution in [0.25, 0.3) is 0 Å². The molecule has 1 heterocycles. The molecule has 2 aromatic rings. The topological polar surface area (TPSA) is 74.1 Å². The van der Waals surface area contributed by atoms with Gasteiger partial charge < -0.3 is 14.8 Å². The van der Waals surface area contributed by atoms with E-state index in [1.165, 1.54) is 0 Å². The number of methoxy groups -OCH3 is 1. The number of aryl methyl sites for hydroxylation is 1. The van der Waals surface area contributed by atoms with Gasteiger partial charge in [-0.05, 0) is 34.5 Å². The minimum atomic E-state index is 0.569. The van der Waals surface area contributed by atoms with Gasteiger partial charge in [-0.25, -0.2) is 4.68 Å². The van der Waals surface area contributed by atoms with Gasteiger partial charge in [0.15, 0.2) is 11.5 Å². The highest BCUT2D eigenvalue weighted by Gasteiger charge is 2.11. The molecule has 0 aliphatic carbocycles. The summed E-state index contributed by atoms with van der Waals surface area (Å²) in [5.41, 5.74) is 1.05. The number of ether oxygens (including phenoxy) is 2.